The number of likely N-dealkylation sites (tertiary alicyclic amines) is 1. The molecule has 0 aromatic carbocycles. The minimum atomic E-state index is -0.971. The molecule has 23 heavy (non-hydrogen) atoms. The fraction of sp³-hybridized carbons (Fsp3) is 0.750. The van der Waals surface area contributed by atoms with Crippen LogP contribution in [0.5, 0.6) is 0 Å². The number of nitrogens with zero attached hydrogens (tertiary/aromatic N) is 2. The van der Waals surface area contributed by atoms with Crippen molar-refractivity contribution in [2.75, 3.05) is 45.9 Å². The fourth-order valence-electron chi connectivity index (χ4n) is 4.28. The van der Waals surface area contributed by atoms with Crippen molar-refractivity contribution in [3.8, 4) is 0 Å². The maximum absolute atomic E-state index is 12.7. The summed E-state index contributed by atoms with van der Waals surface area (Å²) in [5, 5.41) is 9.37. The number of ether oxygens (including phenoxy) is 2. The van der Waals surface area contributed by atoms with Gasteiger partial charge in [0.15, 0.2) is 0 Å². The zero-order valence-electron chi connectivity index (χ0n) is 13.1. The Morgan fingerprint density at radius 1 is 1.30 bits per heavy atom. The molecule has 4 heterocycles. The van der Waals surface area contributed by atoms with E-state index in [1.54, 1.807) is 4.90 Å². The first kappa shape index (κ1) is 15.1. The van der Waals surface area contributed by atoms with E-state index in [2.05, 4.69) is 4.90 Å². The van der Waals surface area contributed by atoms with Crippen LogP contribution >= 0.6 is 0 Å². The van der Waals surface area contributed by atoms with Gasteiger partial charge in [-0.2, -0.15) is 0 Å². The highest BCUT2D eigenvalue weighted by atomic mass is 16.5. The highest BCUT2D eigenvalue weighted by molar-refractivity contribution is 6.06. The van der Waals surface area contributed by atoms with Crippen LogP contribution in [0.15, 0.2) is 11.1 Å². The van der Waals surface area contributed by atoms with Gasteiger partial charge in [-0.15, -0.1) is 0 Å². The number of morpholine rings is 1. The van der Waals surface area contributed by atoms with Crippen molar-refractivity contribution in [3.05, 3.63) is 11.1 Å². The molecule has 3 saturated heterocycles. The zero-order valence-corrected chi connectivity index (χ0v) is 13.1. The third-order valence-corrected chi connectivity index (χ3v) is 5.35. The molecule has 2 atom stereocenters. The lowest BCUT2D eigenvalue weighted by atomic mass is 9.74. The summed E-state index contributed by atoms with van der Waals surface area (Å²) in [6, 6.07) is 0. The Labute approximate surface area is 134 Å². The highest BCUT2D eigenvalue weighted by Crippen LogP contribution is 2.52. The second kappa shape index (κ2) is 5.58. The molecule has 0 radical (unpaired) electrons. The van der Waals surface area contributed by atoms with Gasteiger partial charge in [0.25, 0.3) is 5.91 Å². The van der Waals surface area contributed by atoms with E-state index >= 15 is 0 Å². The van der Waals surface area contributed by atoms with Crippen LogP contribution in [0.25, 0.3) is 0 Å². The topological polar surface area (TPSA) is 79.3 Å². The van der Waals surface area contributed by atoms with Gasteiger partial charge in [0, 0.05) is 39.0 Å². The van der Waals surface area contributed by atoms with Crippen molar-refractivity contribution >= 4 is 11.9 Å². The lowest BCUT2D eigenvalue weighted by Gasteiger charge is -2.49. The van der Waals surface area contributed by atoms with E-state index in [1.807, 2.05) is 0 Å². The molecule has 1 amide bonds. The maximum Gasteiger partial charge on any atom is 0.332 e. The van der Waals surface area contributed by atoms with Crippen molar-refractivity contribution in [3.63, 3.8) is 0 Å². The minimum absolute atomic E-state index is 0.0223. The summed E-state index contributed by atoms with van der Waals surface area (Å²) in [5.41, 5.74) is 0.0548. The van der Waals surface area contributed by atoms with E-state index in [0.29, 0.717) is 25.1 Å². The zero-order chi connectivity index (χ0) is 16.0. The second-order valence-electron chi connectivity index (χ2n) is 6.84. The van der Waals surface area contributed by atoms with Crippen molar-refractivity contribution in [2.45, 2.75) is 31.0 Å². The van der Waals surface area contributed by atoms with Crippen molar-refractivity contribution in [2.24, 2.45) is 0 Å². The number of hydrogen-bond donors (Lipinski definition) is 1. The molecular formula is C16H22N2O5. The Morgan fingerprint density at radius 3 is 2.74 bits per heavy atom. The Balaban J connectivity index is 1.41. The van der Waals surface area contributed by atoms with Crippen LogP contribution in [-0.4, -0.2) is 84.4 Å². The molecule has 1 N–H and O–H groups in total. The Bertz CT molecular complexity index is 561. The molecule has 0 aromatic heterocycles. The Kier molecular flexibility index (Phi) is 3.66. The number of carboxylic acids is 1. The molecule has 0 unspecified atom stereocenters. The van der Waals surface area contributed by atoms with E-state index in [4.69, 9.17) is 9.47 Å². The SMILES string of the molecule is O=C(O)C1=C2C(=O)N(CCCN3CCOCC3)C[C@]23C[C@@H](C1)O3. The van der Waals surface area contributed by atoms with Gasteiger partial charge in [-0.25, -0.2) is 4.79 Å². The smallest absolute Gasteiger partial charge is 0.332 e. The molecule has 2 bridgehead atoms. The summed E-state index contributed by atoms with van der Waals surface area (Å²) in [6.45, 7) is 5.54. The van der Waals surface area contributed by atoms with E-state index in [1.165, 1.54) is 0 Å². The number of aliphatic carboxylic acids is 1. The molecule has 0 aromatic rings. The predicted octanol–water partition coefficient (Wildman–Crippen LogP) is -0.136. The van der Waals surface area contributed by atoms with Gasteiger partial charge in [-0.1, -0.05) is 0 Å². The summed E-state index contributed by atoms with van der Waals surface area (Å²) >= 11 is 0. The van der Waals surface area contributed by atoms with Gasteiger partial charge in [0.05, 0.1) is 37.0 Å². The standard InChI is InChI=1S/C16H22N2O5/c19-14-13-12(15(20)21)8-11-9-16(13,23-11)10-18(14)3-1-2-17-4-6-22-7-5-17/h11H,1-10H2,(H,20,21)/t11-,16-/m1/s1. The van der Waals surface area contributed by atoms with Gasteiger partial charge in [0.1, 0.15) is 5.60 Å². The second-order valence-corrected chi connectivity index (χ2v) is 6.84. The number of fused-ring (bicyclic) bond motifs is 1. The van der Waals surface area contributed by atoms with Gasteiger partial charge in [0.2, 0.25) is 0 Å². The highest BCUT2D eigenvalue weighted by Gasteiger charge is 2.61. The third kappa shape index (κ3) is 2.47. The lowest BCUT2D eigenvalue weighted by Crippen LogP contribution is -2.57. The number of rotatable bonds is 5. The summed E-state index contributed by atoms with van der Waals surface area (Å²) in [7, 11) is 0. The third-order valence-electron chi connectivity index (χ3n) is 5.35. The largest absolute Gasteiger partial charge is 0.478 e. The number of hydrogen-bond acceptors (Lipinski definition) is 5. The van der Waals surface area contributed by atoms with E-state index in [0.717, 1.165) is 45.7 Å². The molecule has 3 fully saturated rings. The van der Waals surface area contributed by atoms with Gasteiger partial charge >= 0.3 is 5.97 Å². The molecule has 4 aliphatic heterocycles. The predicted molar refractivity (Wildman–Crippen MR) is 80.0 cm³/mol. The Hall–Kier alpha value is -1.44. The summed E-state index contributed by atoms with van der Waals surface area (Å²) in [6.07, 6.45) is 2.01. The Morgan fingerprint density at radius 2 is 2.04 bits per heavy atom. The van der Waals surface area contributed by atoms with E-state index in [-0.39, 0.29) is 17.6 Å². The molecule has 7 nitrogen and oxygen atoms in total. The summed E-state index contributed by atoms with van der Waals surface area (Å²) in [5.74, 6) is -1.11. The average Bonchev–Trinajstić information content (AvgIpc) is 2.83. The molecule has 7 heteroatoms. The van der Waals surface area contributed by atoms with E-state index in [9.17, 15) is 14.7 Å². The van der Waals surface area contributed by atoms with Crippen molar-refractivity contribution < 1.29 is 24.2 Å². The van der Waals surface area contributed by atoms with Crippen LogP contribution in [0.1, 0.15) is 19.3 Å². The van der Waals surface area contributed by atoms with Gasteiger partial charge in [-0.05, 0) is 6.42 Å². The molecule has 126 valence electrons. The maximum atomic E-state index is 12.7. The molecule has 5 aliphatic rings. The molecule has 5 rings (SSSR count). The number of amides is 1. The molecular weight excluding hydrogens is 300 g/mol. The normalized spacial score (nSPS) is 33.7. The van der Waals surface area contributed by atoms with Crippen molar-refractivity contribution in [1.29, 1.82) is 0 Å². The van der Waals surface area contributed by atoms with Crippen LogP contribution in [0.3, 0.4) is 0 Å². The first-order chi connectivity index (χ1) is 11.1. The van der Waals surface area contributed by atoms with E-state index < -0.39 is 11.6 Å². The van der Waals surface area contributed by atoms with Gasteiger partial charge < -0.3 is 19.5 Å². The van der Waals surface area contributed by atoms with Crippen molar-refractivity contribution in [1.82, 2.24) is 9.80 Å². The van der Waals surface area contributed by atoms with Crippen LogP contribution in [0, 0.1) is 0 Å². The number of carbonyl (C=O) groups excluding carboxylic acids is 1. The van der Waals surface area contributed by atoms with Crippen LogP contribution < -0.4 is 0 Å². The number of carboxylic acid groups (broad SMARTS) is 1. The first-order valence-corrected chi connectivity index (χ1v) is 8.33. The molecule has 1 spiro atoms. The van der Waals surface area contributed by atoms with Crippen LogP contribution in [0.4, 0.5) is 0 Å². The quantitative estimate of drug-likeness (QED) is 0.759. The summed E-state index contributed by atoms with van der Waals surface area (Å²) in [4.78, 5) is 28.2. The van der Waals surface area contributed by atoms with Gasteiger partial charge in [-0.3, -0.25) is 9.69 Å². The number of carbonyl (C=O) groups is 2. The lowest BCUT2D eigenvalue weighted by molar-refractivity contribution is -0.188. The molecule has 0 saturated carbocycles. The monoisotopic (exact) mass is 322 g/mol. The van der Waals surface area contributed by atoms with Crippen LogP contribution in [0.2, 0.25) is 0 Å². The van der Waals surface area contributed by atoms with Crippen LogP contribution in [-0.2, 0) is 19.1 Å². The average molecular weight is 322 g/mol. The summed E-state index contributed by atoms with van der Waals surface area (Å²) < 4.78 is 11.2. The molecule has 1 aliphatic carbocycles. The first-order valence-electron chi connectivity index (χ1n) is 8.33. The minimum Gasteiger partial charge on any atom is -0.478 e. The fourth-order valence-corrected chi connectivity index (χ4v) is 4.28.